The highest BCUT2D eigenvalue weighted by Crippen LogP contribution is 2.30. The van der Waals surface area contributed by atoms with Gasteiger partial charge in [-0.15, -0.1) is 0 Å². The van der Waals surface area contributed by atoms with E-state index < -0.39 is 11.5 Å². The van der Waals surface area contributed by atoms with Crippen molar-refractivity contribution in [2.75, 3.05) is 17.7 Å². The van der Waals surface area contributed by atoms with Crippen molar-refractivity contribution in [3.05, 3.63) is 30.9 Å². The topological polar surface area (TPSA) is 98.1 Å². The maximum Gasteiger partial charge on any atom is 0.249 e. The Hall–Kier alpha value is -2.90. The van der Waals surface area contributed by atoms with E-state index in [0.717, 1.165) is 0 Å². The second kappa shape index (κ2) is 7.33. The molecule has 25 heavy (non-hydrogen) atoms. The fourth-order valence-electron chi connectivity index (χ4n) is 1.97. The van der Waals surface area contributed by atoms with Crippen LogP contribution in [0.1, 0.15) is 33.7 Å². The van der Waals surface area contributed by atoms with Crippen molar-refractivity contribution >= 4 is 23.2 Å². The summed E-state index contributed by atoms with van der Waals surface area (Å²) in [6.45, 7) is 7.21. The number of methoxy groups -OCH3 is 1. The summed E-state index contributed by atoms with van der Waals surface area (Å²) in [4.78, 5) is 28.3. The molecule has 2 rings (SSSR count). The normalized spacial score (nSPS) is 12.4. The number of hydrogen-bond donors (Lipinski definition) is 2. The lowest BCUT2D eigenvalue weighted by molar-refractivity contribution is -0.123. The predicted molar refractivity (Wildman–Crippen MR) is 94.4 cm³/mol. The van der Waals surface area contributed by atoms with E-state index in [1.54, 1.807) is 25.1 Å². The third-order valence-corrected chi connectivity index (χ3v) is 3.61. The molecule has 8 nitrogen and oxygen atoms in total. The molecule has 8 heteroatoms. The molecule has 2 amide bonds. The largest absolute Gasteiger partial charge is 0.494 e. The number of carbonyl (C=O) groups is 2. The minimum Gasteiger partial charge on any atom is -0.494 e. The van der Waals surface area contributed by atoms with E-state index in [1.165, 1.54) is 24.4 Å². The summed E-state index contributed by atoms with van der Waals surface area (Å²) in [7, 11) is 1.51. The first-order valence-electron chi connectivity index (χ1n) is 7.87. The van der Waals surface area contributed by atoms with Crippen molar-refractivity contribution in [1.29, 1.82) is 0 Å². The fourth-order valence-corrected chi connectivity index (χ4v) is 1.97. The molecule has 1 aromatic heterocycles. The minimum absolute atomic E-state index is 0.123. The molecule has 0 unspecified atom stereocenters. The molecule has 2 N–H and O–H groups in total. The highest BCUT2D eigenvalue weighted by atomic mass is 16.5. The van der Waals surface area contributed by atoms with Crippen LogP contribution in [-0.2, 0) is 9.59 Å². The second-order valence-electron chi connectivity index (χ2n) is 6.66. The smallest absolute Gasteiger partial charge is 0.249 e. The van der Waals surface area contributed by atoms with Gasteiger partial charge in [0.25, 0.3) is 0 Å². The number of nitrogens with zero attached hydrogens (tertiary/aromatic N) is 3. The van der Waals surface area contributed by atoms with Gasteiger partial charge in [-0.25, -0.2) is 9.67 Å². The zero-order valence-electron chi connectivity index (χ0n) is 15.0. The highest BCUT2D eigenvalue weighted by molar-refractivity contribution is 5.97. The van der Waals surface area contributed by atoms with Gasteiger partial charge in [-0.2, -0.15) is 5.10 Å². The van der Waals surface area contributed by atoms with Crippen LogP contribution in [0.5, 0.6) is 5.75 Å². The maximum atomic E-state index is 12.3. The molecule has 0 fully saturated rings. The molecule has 0 bridgehead atoms. The van der Waals surface area contributed by atoms with Gasteiger partial charge in [-0.05, 0) is 19.1 Å². The first kappa shape index (κ1) is 18.4. The molecule has 1 aromatic carbocycles. The van der Waals surface area contributed by atoms with Gasteiger partial charge in [0, 0.05) is 17.2 Å². The van der Waals surface area contributed by atoms with Crippen LogP contribution in [0.2, 0.25) is 0 Å². The van der Waals surface area contributed by atoms with Gasteiger partial charge in [0.05, 0.1) is 12.8 Å². The number of aromatic nitrogens is 3. The summed E-state index contributed by atoms with van der Waals surface area (Å²) in [6.07, 6.45) is 2.86. The van der Waals surface area contributed by atoms with Gasteiger partial charge in [0.15, 0.2) is 0 Å². The van der Waals surface area contributed by atoms with Crippen molar-refractivity contribution < 1.29 is 14.3 Å². The van der Waals surface area contributed by atoms with Gasteiger partial charge in [0.2, 0.25) is 11.8 Å². The van der Waals surface area contributed by atoms with Crippen molar-refractivity contribution in [2.24, 2.45) is 5.41 Å². The Morgan fingerprint density at radius 2 is 1.96 bits per heavy atom. The summed E-state index contributed by atoms with van der Waals surface area (Å²) in [5.41, 5.74) is 0.581. The second-order valence-corrected chi connectivity index (χ2v) is 6.66. The van der Waals surface area contributed by atoms with Crippen LogP contribution < -0.4 is 15.4 Å². The van der Waals surface area contributed by atoms with Gasteiger partial charge in [-0.3, -0.25) is 9.59 Å². The van der Waals surface area contributed by atoms with Crippen LogP contribution in [0, 0.1) is 5.41 Å². The molecule has 1 atom stereocenters. The Bertz CT molecular complexity index is 750. The summed E-state index contributed by atoms with van der Waals surface area (Å²) in [5, 5.41) is 9.58. The van der Waals surface area contributed by atoms with E-state index in [2.05, 4.69) is 20.7 Å². The monoisotopic (exact) mass is 345 g/mol. The van der Waals surface area contributed by atoms with Crippen LogP contribution in [-0.4, -0.2) is 33.7 Å². The molecule has 134 valence electrons. The summed E-state index contributed by atoms with van der Waals surface area (Å²) < 4.78 is 6.78. The zero-order valence-corrected chi connectivity index (χ0v) is 15.0. The number of ether oxygens (including phenoxy) is 1. The number of rotatable bonds is 5. The van der Waals surface area contributed by atoms with Gasteiger partial charge < -0.3 is 15.4 Å². The molecule has 0 aliphatic carbocycles. The lowest BCUT2D eigenvalue weighted by atomic mass is 9.95. The number of benzene rings is 1. The molecule has 1 heterocycles. The lowest BCUT2D eigenvalue weighted by Gasteiger charge is -2.19. The fraction of sp³-hybridized carbons (Fsp3) is 0.412. The third kappa shape index (κ3) is 4.56. The molecule has 2 aromatic rings. The summed E-state index contributed by atoms with van der Waals surface area (Å²) in [6, 6.07) is 4.55. The molecule has 0 aliphatic heterocycles. The van der Waals surface area contributed by atoms with Crippen LogP contribution >= 0.6 is 0 Å². The first-order chi connectivity index (χ1) is 11.7. The number of nitrogens with one attached hydrogen (secondary N) is 2. The van der Waals surface area contributed by atoms with Crippen LogP contribution in [0.25, 0.3) is 0 Å². The van der Waals surface area contributed by atoms with Gasteiger partial charge >= 0.3 is 0 Å². The first-order valence-corrected chi connectivity index (χ1v) is 7.87. The Labute approximate surface area is 146 Å². The van der Waals surface area contributed by atoms with Crippen molar-refractivity contribution in [3.63, 3.8) is 0 Å². The SMILES string of the molecule is COc1cc(NC(=O)[C@H](C)n2cncn2)ccc1NC(=O)C(C)(C)C. The average Bonchev–Trinajstić information content (AvgIpc) is 3.08. The van der Waals surface area contributed by atoms with Crippen molar-refractivity contribution in [3.8, 4) is 5.75 Å². The minimum atomic E-state index is -0.523. The molecule has 0 radical (unpaired) electrons. The van der Waals surface area contributed by atoms with E-state index in [0.29, 0.717) is 17.1 Å². The van der Waals surface area contributed by atoms with E-state index in [9.17, 15) is 9.59 Å². The van der Waals surface area contributed by atoms with Gasteiger partial charge in [0.1, 0.15) is 24.4 Å². The predicted octanol–water partition coefficient (Wildman–Crippen LogP) is 2.47. The average molecular weight is 345 g/mol. The highest BCUT2D eigenvalue weighted by Gasteiger charge is 2.22. The summed E-state index contributed by atoms with van der Waals surface area (Å²) in [5.74, 6) is 0.102. The number of hydrogen-bond acceptors (Lipinski definition) is 5. The Morgan fingerprint density at radius 1 is 1.24 bits per heavy atom. The molecule has 0 saturated carbocycles. The Kier molecular flexibility index (Phi) is 5.41. The Balaban J connectivity index is 2.13. The summed E-state index contributed by atoms with van der Waals surface area (Å²) >= 11 is 0. The van der Waals surface area contributed by atoms with Gasteiger partial charge in [-0.1, -0.05) is 20.8 Å². The molecule has 0 aliphatic rings. The zero-order chi connectivity index (χ0) is 18.6. The van der Waals surface area contributed by atoms with E-state index in [1.807, 2.05) is 20.8 Å². The maximum absolute atomic E-state index is 12.3. The van der Waals surface area contributed by atoms with E-state index >= 15 is 0 Å². The van der Waals surface area contributed by atoms with Crippen LogP contribution in [0.15, 0.2) is 30.9 Å². The standard InChI is InChI=1S/C17H23N5O3/c1-11(22-10-18-9-19-22)15(23)20-12-6-7-13(14(8-12)25-5)21-16(24)17(2,3)4/h6-11H,1-5H3,(H,20,23)(H,21,24)/t11-/m0/s1. The van der Waals surface area contributed by atoms with E-state index in [4.69, 9.17) is 4.74 Å². The molecule has 0 saturated heterocycles. The number of amides is 2. The molecular weight excluding hydrogens is 322 g/mol. The third-order valence-electron chi connectivity index (χ3n) is 3.61. The lowest BCUT2D eigenvalue weighted by Crippen LogP contribution is -2.28. The van der Waals surface area contributed by atoms with Crippen molar-refractivity contribution in [1.82, 2.24) is 14.8 Å². The molecular formula is C17H23N5O3. The molecule has 0 spiro atoms. The number of carbonyl (C=O) groups excluding carboxylic acids is 2. The van der Waals surface area contributed by atoms with Crippen LogP contribution in [0.3, 0.4) is 0 Å². The van der Waals surface area contributed by atoms with E-state index in [-0.39, 0.29) is 11.8 Å². The quantitative estimate of drug-likeness (QED) is 0.867. The van der Waals surface area contributed by atoms with Crippen molar-refractivity contribution in [2.45, 2.75) is 33.7 Å². The Morgan fingerprint density at radius 3 is 2.52 bits per heavy atom. The van der Waals surface area contributed by atoms with Crippen LogP contribution in [0.4, 0.5) is 11.4 Å². The number of anilines is 2.